The number of halogens is 2. The third-order valence-corrected chi connectivity index (χ3v) is 4.33. The molecule has 0 radical (unpaired) electrons. The van der Waals surface area contributed by atoms with Crippen molar-refractivity contribution in [3.63, 3.8) is 0 Å². The van der Waals surface area contributed by atoms with Crippen LogP contribution in [0.3, 0.4) is 0 Å². The fourth-order valence-corrected chi connectivity index (χ4v) is 2.89. The van der Waals surface area contributed by atoms with Crippen LogP contribution in [0.1, 0.15) is 33.3 Å². The van der Waals surface area contributed by atoms with Gasteiger partial charge in [0.1, 0.15) is 6.04 Å². The standard InChI is InChI=1S/C22H26ClFN2O3/c1-15(21(28)25-22(2,3)4)26(13-16-8-7-9-17(23)12-16)20(27)14-29-19-11-6-5-10-18(19)24/h5-12,15H,13-14H2,1-4H3,(H,25,28)/t15-/m0/s1. The smallest absolute Gasteiger partial charge is 0.261 e. The predicted octanol–water partition coefficient (Wildman–Crippen LogP) is 4.19. The van der Waals surface area contributed by atoms with Crippen LogP contribution >= 0.6 is 11.6 Å². The molecule has 0 saturated carbocycles. The monoisotopic (exact) mass is 420 g/mol. The molecule has 1 atom stereocenters. The normalized spacial score (nSPS) is 12.2. The molecular formula is C22H26ClFN2O3. The first-order valence-electron chi connectivity index (χ1n) is 9.30. The lowest BCUT2D eigenvalue weighted by Crippen LogP contribution is -2.53. The zero-order valence-corrected chi connectivity index (χ0v) is 17.8. The van der Waals surface area contributed by atoms with Crippen LogP contribution in [0.25, 0.3) is 0 Å². The molecule has 0 aromatic heterocycles. The Labute approximate surface area is 175 Å². The molecule has 0 bridgehead atoms. The summed E-state index contributed by atoms with van der Waals surface area (Å²) in [5, 5.41) is 3.41. The van der Waals surface area contributed by atoms with Gasteiger partial charge in [0.25, 0.3) is 5.91 Å². The van der Waals surface area contributed by atoms with Gasteiger partial charge in [-0.2, -0.15) is 0 Å². The average Bonchev–Trinajstić information content (AvgIpc) is 2.63. The maximum absolute atomic E-state index is 13.8. The summed E-state index contributed by atoms with van der Waals surface area (Å²) in [5.74, 6) is -1.31. The Morgan fingerprint density at radius 3 is 2.48 bits per heavy atom. The van der Waals surface area contributed by atoms with Gasteiger partial charge >= 0.3 is 0 Å². The maximum Gasteiger partial charge on any atom is 0.261 e. The largest absolute Gasteiger partial charge is 0.481 e. The van der Waals surface area contributed by atoms with Crippen LogP contribution < -0.4 is 10.1 Å². The minimum absolute atomic E-state index is 0.0182. The van der Waals surface area contributed by atoms with Crippen molar-refractivity contribution in [1.29, 1.82) is 0 Å². The highest BCUT2D eigenvalue weighted by Gasteiger charge is 2.28. The number of rotatable bonds is 7. The second-order valence-electron chi connectivity index (χ2n) is 7.79. The molecule has 0 spiro atoms. The molecule has 0 fully saturated rings. The fourth-order valence-electron chi connectivity index (χ4n) is 2.67. The van der Waals surface area contributed by atoms with Gasteiger partial charge in [0, 0.05) is 17.1 Å². The SMILES string of the molecule is C[C@@H](C(=O)NC(C)(C)C)N(Cc1cccc(Cl)c1)C(=O)COc1ccccc1F. The summed E-state index contributed by atoms with van der Waals surface area (Å²) in [6.07, 6.45) is 0. The van der Waals surface area contributed by atoms with Crippen LogP contribution in [-0.2, 0) is 16.1 Å². The zero-order chi connectivity index (χ0) is 21.6. The molecule has 5 nitrogen and oxygen atoms in total. The zero-order valence-electron chi connectivity index (χ0n) is 17.0. The van der Waals surface area contributed by atoms with Gasteiger partial charge in [0.05, 0.1) is 0 Å². The molecule has 0 aliphatic rings. The van der Waals surface area contributed by atoms with Crippen LogP contribution in [0.4, 0.5) is 4.39 Å². The fraction of sp³-hybridized carbons (Fsp3) is 0.364. The third kappa shape index (κ3) is 7.06. The van der Waals surface area contributed by atoms with Crippen molar-refractivity contribution >= 4 is 23.4 Å². The van der Waals surface area contributed by atoms with E-state index in [9.17, 15) is 14.0 Å². The molecule has 1 N–H and O–H groups in total. The molecule has 156 valence electrons. The van der Waals surface area contributed by atoms with E-state index in [0.29, 0.717) is 5.02 Å². The first-order chi connectivity index (χ1) is 13.6. The van der Waals surface area contributed by atoms with Gasteiger partial charge in [0.15, 0.2) is 18.2 Å². The number of hydrogen-bond acceptors (Lipinski definition) is 3. The van der Waals surface area contributed by atoms with E-state index in [-0.39, 0.29) is 18.2 Å². The van der Waals surface area contributed by atoms with Gasteiger partial charge in [-0.15, -0.1) is 0 Å². The number of nitrogens with one attached hydrogen (secondary N) is 1. The Kier molecular flexibility index (Phi) is 7.62. The summed E-state index contributed by atoms with van der Waals surface area (Å²) in [7, 11) is 0. The van der Waals surface area contributed by atoms with Gasteiger partial charge in [0.2, 0.25) is 5.91 Å². The molecule has 29 heavy (non-hydrogen) atoms. The van der Waals surface area contributed by atoms with E-state index in [1.807, 2.05) is 26.8 Å². The summed E-state index contributed by atoms with van der Waals surface area (Å²) in [6, 6.07) is 12.1. The Balaban J connectivity index is 2.19. The van der Waals surface area contributed by atoms with Crippen molar-refractivity contribution in [3.05, 3.63) is 64.9 Å². The van der Waals surface area contributed by atoms with E-state index in [4.69, 9.17) is 16.3 Å². The lowest BCUT2D eigenvalue weighted by molar-refractivity contribution is -0.142. The molecule has 0 saturated heterocycles. The quantitative estimate of drug-likeness (QED) is 0.730. The number of carbonyl (C=O) groups is 2. The summed E-state index contributed by atoms with van der Waals surface area (Å²) < 4.78 is 19.1. The number of ether oxygens (including phenoxy) is 1. The van der Waals surface area contributed by atoms with E-state index in [2.05, 4.69) is 5.32 Å². The summed E-state index contributed by atoms with van der Waals surface area (Å²) in [4.78, 5) is 26.9. The number of hydrogen-bond donors (Lipinski definition) is 1. The number of carbonyl (C=O) groups excluding carboxylic acids is 2. The Hall–Kier alpha value is -2.60. The molecule has 0 aliphatic carbocycles. The minimum Gasteiger partial charge on any atom is -0.481 e. The van der Waals surface area contributed by atoms with Crippen molar-refractivity contribution in [2.24, 2.45) is 0 Å². The van der Waals surface area contributed by atoms with Crippen LogP contribution in [-0.4, -0.2) is 34.9 Å². The number of para-hydroxylation sites is 1. The van der Waals surface area contributed by atoms with Gasteiger partial charge in [-0.1, -0.05) is 35.9 Å². The summed E-state index contributed by atoms with van der Waals surface area (Å²) in [6.45, 7) is 7.01. The van der Waals surface area contributed by atoms with E-state index in [1.54, 1.807) is 31.2 Å². The van der Waals surface area contributed by atoms with Crippen LogP contribution in [0, 0.1) is 5.82 Å². The number of benzene rings is 2. The summed E-state index contributed by atoms with van der Waals surface area (Å²) >= 11 is 6.05. The van der Waals surface area contributed by atoms with E-state index in [0.717, 1.165) is 5.56 Å². The molecule has 0 unspecified atom stereocenters. The third-order valence-electron chi connectivity index (χ3n) is 4.10. The second-order valence-corrected chi connectivity index (χ2v) is 8.22. The molecule has 0 heterocycles. The maximum atomic E-state index is 13.8. The average molecular weight is 421 g/mol. The minimum atomic E-state index is -0.759. The first kappa shape index (κ1) is 22.7. The lowest BCUT2D eigenvalue weighted by Gasteiger charge is -2.31. The highest BCUT2D eigenvalue weighted by Crippen LogP contribution is 2.18. The second kappa shape index (κ2) is 9.74. The molecule has 7 heteroatoms. The number of amides is 2. The van der Waals surface area contributed by atoms with Crippen molar-refractivity contribution in [2.75, 3.05) is 6.61 Å². The highest BCUT2D eigenvalue weighted by molar-refractivity contribution is 6.30. The number of nitrogens with zero attached hydrogens (tertiary/aromatic N) is 1. The Bertz CT molecular complexity index is 867. The topological polar surface area (TPSA) is 58.6 Å². The molecule has 2 amide bonds. The van der Waals surface area contributed by atoms with Gasteiger partial charge in [-0.25, -0.2) is 4.39 Å². The van der Waals surface area contributed by atoms with Gasteiger partial charge in [-0.05, 0) is 57.5 Å². The molecule has 2 aromatic rings. The molecular weight excluding hydrogens is 395 g/mol. The van der Waals surface area contributed by atoms with Crippen molar-refractivity contribution in [3.8, 4) is 5.75 Å². The van der Waals surface area contributed by atoms with Crippen LogP contribution in [0.15, 0.2) is 48.5 Å². The van der Waals surface area contributed by atoms with E-state index in [1.165, 1.54) is 23.1 Å². The lowest BCUT2D eigenvalue weighted by atomic mass is 10.1. The molecule has 2 aromatic carbocycles. The van der Waals surface area contributed by atoms with Gasteiger partial charge in [-0.3, -0.25) is 9.59 Å². The molecule has 2 rings (SSSR count). The van der Waals surface area contributed by atoms with Crippen molar-refractivity contribution in [2.45, 2.75) is 45.8 Å². The predicted molar refractivity (Wildman–Crippen MR) is 111 cm³/mol. The Morgan fingerprint density at radius 1 is 1.17 bits per heavy atom. The van der Waals surface area contributed by atoms with Crippen molar-refractivity contribution < 1.29 is 18.7 Å². The van der Waals surface area contributed by atoms with Crippen LogP contribution in [0.2, 0.25) is 5.02 Å². The van der Waals surface area contributed by atoms with E-state index >= 15 is 0 Å². The van der Waals surface area contributed by atoms with Gasteiger partial charge < -0.3 is 15.0 Å². The van der Waals surface area contributed by atoms with E-state index < -0.39 is 29.9 Å². The van der Waals surface area contributed by atoms with Crippen molar-refractivity contribution in [1.82, 2.24) is 10.2 Å². The molecule has 0 aliphatic heterocycles. The highest BCUT2D eigenvalue weighted by atomic mass is 35.5. The Morgan fingerprint density at radius 2 is 1.86 bits per heavy atom. The summed E-state index contributed by atoms with van der Waals surface area (Å²) in [5.41, 5.74) is 0.326. The van der Waals surface area contributed by atoms with Crippen LogP contribution in [0.5, 0.6) is 5.75 Å². The first-order valence-corrected chi connectivity index (χ1v) is 9.68.